The fourth-order valence-corrected chi connectivity index (χ4v) is 3.04. The fourth-order valence-electron chi connectivity index (χ4n) is 1.14. The van der Waals surface area contributed by atoms with E-state index in [1.807, 2.05) is 0 Å². The molecule has 0 fully saturated rings. The van der Waals surface area contributed by atoms with Crippen molar-refractivity contribution in [1.82, 2.24) is 0 Å². The number of thiol groups is 1. The van der Waals surface area contributed by atoms with E-state index in [1.165, 1.54) is 10.8 Å². The van der Waals surface area contributed by atoms with Crippen LogP contribution in [0.3, 0.4) is 0 Å². The Bertz CT molecular complexity index is 269. The van der Waals surface area contributed by atoms with Gasteiger partial charge >= 0.3 is 0 Å². The van der Waals surface area contributed by atoms with Crippen molar-refractivity contribution in [3.05, 3.63) is 29.8 Å². The van der Waals surface area contributed by atoms with Crippen LogP contribution >= 0.6 is 24.2 Å². The molecule has 0 atom stereocenters. The quantitative estimate of drug-likeness (QED) is 0.461. The first-order valence-electron chi connectivity index (χ1n) is 4.36. The lowest BCUT2D eigenvalue weighted by atomic mass is 10.2. The molecule has 0 nitrogen and oxygen atoms in total. The van der Waals surface area contributed by atoms with E-state index in [-0.39, 0.29) is 0 Å². The lowest BCUT2D eigenvalue weighted by Gasteiger charge is -2.19. The van der Waals surface area contributed by atoms with Gasteiger partial charge in [0, 0.05) is 11.3 Å². The maximum atomic E-state index is 5.95. The van der Waals surface area contributed by atoms with E-state index in [2.05, 4.69) is 50.0 Å². The summed E-state index contributed by atoms with van der Waals surface area (Å²) in [6.07, 6.45) is 0. The van der Waals surface area contributed by atoms with Gasteiger partial charge in [-0.15, -0.1) is 11.6 Å². The first kappa shape index (κ1) is 11.2. The first-order valence-corrected chi connectivity index (χ1v) is 8.74. The summed E-state index contributed by atoms with van der Waals surface area (Å²) in [6.45, 7) is 4.57. The van der Waals surface area contributed by atoms with Gasteiger partial charge in [0.1, 0.15) is 0 Å². The van der Waals surface area contributed by atoms with Gasteiger partial charge in [-0.3, -0.25) is 0 Å². The molecule has 0 heterocycles. The molecule has 1 aromatic carbocycles. The molecule has 3 heteroatoms. The molecule has 0 N–H and O–H groups in total. The zero-order valence-corrected chi connectivity index (χ0v) is 10.7. The molecule has 0 aromatic heterocycles. The molecule has 0 radical (unpaired) electrons. The van der Waals surface area contributed by atoms with Crippen LogP contribution in [0.2, 0.25) is 13.1 Å². The smallest absolute Gasteiger partial charge is 0.0959 e. The van der Waals surface area contributed by atoms with Gasteiger partial charge in [0.25, 0.3) is 0 Å². The maximum Gasteiger partial charge on any atom is 0.0959 e. The van der Waals surface area contributed by atoms with Crippen LogP contribution in [0.15, 0.2) is 24.3 Å². The van der Waals surface area contributed by atoms with Gasteiger partial charge < -0.3 is 0 Å². The third-order valence-electron chi connectivity index (χ3n) is 2.25. The Hall–Kier alpha value is 0.0769. The summed E-state index contributed by atoms with van der Waals surface area (Å²) in [7, 11) is -1.35. The van der Waals surface area contributed by atoms with E-state index < -0.39 is 8.07 Å². The second kappa shape index (κ2) is 4.53. The molecule has 0 aliphatic heterocycles. The van der Waals surface area contributed by atoms with Crippen LogP contribution in [0.5, 0.6) is 0 Å². The Morgan fingerprint density at radius 1 is 1.23 bits per heavy atom. The standard InChI is InChI=1S/C10H15ClSSi/c1-13(2,8-11)10-5-3-9(7-12)4-6-10/h3-6,12H,7-8H2,1-2H3. The molecule has 72 valence electrons. The highest BCUT2D eigenvalue weighted by Gasteiger charge is 2.21. The number of halogens is 1. The zero-order chi connectivity index (χ0) is 9.90. The highest BCUT2D eigenvalue weighted by atomic mass is 35.5. The average Bonchev–Trinajstić information content (AvgIpc) is 2.18. The number of benzene rings is 1. The molecule has 0 aliphatic rings. The van der Waals surface area contributed by atoms with Crippen molar-refractivity contribution in [2.24, 2.45) is 0 Å². The van der Waals surface area contributed by atoms with Crippen molar-refractivity contribution in [2.75, 3.05) is 5.50 Å². The van der Waals surface area contributed by atoms with Crippen LogP contribution in [0.4, 0.5) is 0 Å². The second-order valence-electron chi connectivity index (χ2n) is 3.87. The first-order chi connectivity index (χ1) is 6.10. The van der Waals surface area contributed by atoms with Crippen LogP contribution in [0, 0.1) is 0 Å². The van der Waals surface area contributed by atoms with Crippen LogP contribution in [0.1, 0.15) is 5.56 Å². The molecule has 0 saturated heterocycles. The molecular weight excluding hydrogens is 216 g/mol. The maximum absolute atomic E-state index is 5.95. The van der Waals surface area contributed by atoms with E-state index in [0.29, 0.717) is 0 Å². The number of hydrogen-bond acceptors (Lipinski definition) is 1. The Morgan fingerprint density at radius 2 is 1.77 bits per heavy atom. The van der Waals surface area contributed by atoms with Crippen LogP contribution < -0.4 is 5.19 Å². The van der Waals surface area contributed by atoms with E-state index in [1.54, 1.807) is 0 Å². The SMILES string of the molecule is C[Si](C)(CCl)c1ccc(CS)cc1. The number of hydrogen-bond donors (Lipinski definition) is 1. The number of alkyl halides is 1. The van der Waals surface area contributed by atoms with Gasteiger partial charge in [-0.1, -0.05) is 42.5 Å². The van der Waals surface area contributed by atoms with E-state index >= 15 is 0 Å². The lowest BCUT2D eigenvalue weighted by molar-refractivity contribution is 1.43. The molecule has 0 bridgehead atoms. The van der Waals surface area contributed by atoms with Crippen molar-refractivity contribution >= 4 is 37.5 Å². The highest BCUT2D eigenvalue weighted by molar-refractivity contribution is 7.79. The van der Waals surface area contributed by atoms with Crippen molar-refractivity contribution in [1.29, 1.82) is 0 Å². The highest BCUT2D eigenvalue weighted by Crippen LogP contribution is 2.08. The molecule has 0 unspecified atom stereocenters. The van der Waals surface area contributed by atoms with Crippen LogP contribution in [-0.4, -0.2) is 13.6 Å². The second-order valence-corrected chi connectivity index (χ2v) is 9.60. The molecule has 0 amide bonds. The van der Waals surface area contributed by atoms with Gasteiger partial charge in [-0.25, -0.2) is 0 Å². The summed E-state index contributed by atoms with van der Waals surface area (Å²) in [4.78, 5) is 0. The van der Waals surface area contributed by atoms with E-state index in [0.717, 1.165) is 11.3 Å². The predicted octanol–water partition coefficient (Wildman–Crippen LogP) is 2.81. The summed E-state index contributed by atoms with van der Waals surface area (Å²) in [5, 5.41) is 1.42. The average molecular weight is 231 g/mol. The predicted molar refractivity (Wildman–Crippen MR) is 67.0 cm³/mol. The topological polar surface area (TPSA) is 0 Å². The van der Waals surface area contributed by atoms with Gasteiger partial charge in [0.05, 0.1) is 8.07 Å². The van der Waals surface area contributed by atoms with Gasteiger partial charge in [-0.05, 0) is 5.56 Å². The molecule has 13 heavy (non-hydrogen) atoms. The minimum atomic E-state index is -1.35. The summed E-state index contributed by atoms with van der Waals surface area (Å²) >= 11 is 10.2. The summed E-state index contributed by atoms with van der Waals surface area (Å²) in [5.74, 6) is 0.809. The van der Waals surface area contributed by atoms with Crippen molar-refractivity contribution < 1.29 is 0 Å². The minimum absolute atomic E-state index is 0.785. The Labute approximate surface area is 91.7 Å². The Balaban J connectivity index is 2.92. The van der Waals surface area contributed by atoms with Crippen LogP contribution in [0.25, 0.3) is 0 Å². The molecule has 0 aliphatic carbocycles. The van der Waals surface area contributed by atoms with Gasteiger partial charge in [0.2, 0.25) is 0 Å². The van der Waals surface area contributed by atoms with Gasteiger partial charge in [-0.2, -0.15) is 12.6 Å². The Morgan fingerprint density at radius 3 is 2.15 bits per heavy atom. The van der Waals surface area contributed by atoms with Gasteiger partial charge in [0.15, 0.2) is 0 Å². The molecule has 1 rings (SSSR count). The molecule has 0 spiro atoms. The monoisotopic (exact) mass is 230 g/mol. The summed E-state index contributed by atoms with van der Waals surface area (Å²) < 4.78 is 0. The van der Waals surface area contributed by atoms with Crippen molar-refractivity contribution in [2.45, 2.75) is 18.8 Å². The molecular formula is C10H15ClSSi. The molecule has 1 aromatic rings. The fraction of sp³-hybridized carbons (Fsp3) is 0.400. The largest absolute Gasteiger partial charge is 0.175 e. The third-order valence-corrected chi connectivity index (χ3v) is 7.19. The zero-order valence-electron chi connectivity index (χ0n) is 8.05. The normalized spacial score (nSPS) is 11.7. The summed E-state index contributed by atoms with van der Waals surface area (Å²) in [5.41, 5.74) is 2.05. The van der Waals surface area contributed by atoms with Crippen LogP contribution in [-0.2, 0) is 5.75 Å². The summed E-state index contributed by atoms with van der Waals surface area (Å²) in [6, 6.07) is 8.67. The number of rotatable bonds is 3. The van der Waals surface area contributed by atoms with E-state index in [4.69, 9.17) is 11.6 Å². The Kier molecular flexibility index (Phi) is 3.89. The lowest BCUT2D eigenvalue weighted by Crippen LogP contribution is -2.43. The third kappa shape index (κ3) is 2.76. The van der Waals surface area contributed by atoms with E-state index in [9.17, 15) is 0 Å². The van der Waals surface area contributed by atoms with Crippen molar-refractivity contribution in [3.8, 4) is 0 Å². The van der Waals surface area contributed by atoms with Crippen molar-refractivity contribution in [3.63, 3.8) is 0 Å². The molecule has 0 saturated carbocycles. The minimum Gasteiger partial charge on any atom is -0.175 e.